The van der Waals surface area contributed by atoms with Crippen LogP contribution in [0.2, 0.25) is 0 Å². The zero-order chi connectivity index (χ0) is 57.7. The van der Waals surface area contributed by atoms with E-state index in [1.165, 1.54) is 19.1 Å². The van der Waals surface area contributed by atoms with E-state index in [4.69, 9.17) is 24.7 Å². The molecular weight excluding hydrogens is 1040 g/mol. The molecule has 2 unspecified atom stereocenters. The third kappa shape index (κ3) is 13.2. The summed E-state index contributed by atoms with van der Waals surface area (Å²) in [6.45, 7) is 6.57. The number of urea groups is 1. The number of amides is 7. The summed E-state index contributed by atoms with van der Waals surface area (Å²) in [6, 6.07) is 8.26. The van der Waals surface area contributed by atoms with Crippen LogP contribution in [0.25, 0.3) is 0 Å². The predicted molar refractivity (Wildman–Crippen MR) is 282 cm³/mol. The molecular formula is C56H69N7O17. The molecule has 8 rings (SSSR count). The van der Waals surface area contributed by atoms with Gasteiger partial charge in [-0.3, -0.25) is 33.6 Å². The summed E-state index contributed by atoms with van der Waals surface area (Å²) >= 11 is 0. The minimum Gasteiger partial charge on any atom is -0.507 e. The summed E-state index contributed by atoms with van der Waals surface area (Å²) in [5.41, 5.74) is 2.63. The van der Waals surface area contributed by atoms with Crippen LogP contribution in [0.1, 0.15) is 147 Å². The van der Waals surface area contributed by atoms with Crippen LogP contribution < -0.4 is 32.3 Å². The van der Waals surface area contributed by atoms with Crippen LogP contribution in [0, 0.1) is 5.92 Å². The van der Waals surface area contributed by atoms with Crippen molar-refractivity contribution in [2.24, 2.45) is 11.7 Å². The van der Waals surface area contributed by atoms with Crippen LogP contribution in [0.4, 0.5) is 15.3 Å². The van der Waals surface area contributed by atoms with Crippen molar-refractivity contribution < 1.29 is 82.5 Å². The molecule has 10 atom stereocenters. The molecule has 3 aliphatic heterocycles. The summed E-state index contributed by atoms with van der Waals surface area (Å²) in [5, 5.41) is 59.5. The van der Waals surface area contributed by atoms with Gasteiger partial charge in [0.1, 0.15) is 48.0 Å². The highest BCUT2D eigenvalue weighted by Gasteiger charge is 2.51. The fraction of sp³-hybridized carbons (Fsp3) is 0.518. The normalized spacial score (nSPS) is 24.5. The van der Waals surface area contributed by atoms with Gasteiger partial charge in [0, 0.05) is 73.1 Å². The number of rotatable bonds is 22. The molecule has 3 saturated heterocycles. The van der Waals surface area contributed by atoms with E-state index in [1.54, 1.807) is 55.1 Å². The highest BCUT2D eigenvalue weighted by Crippen LogP contribution is 2.52. The average Bonchev–Trinajstić information content (AvgIpc) is 4.21. The van der Waals surface area contributed by atoms with E-state index in [0.29, 0.717) is 43.5 Å². The van der Waals surface area contributed by atoms with Crippen LogP contribution in [-0.4, -0.2) is 146 Å². The van der Waals surface area contributed by atoms with E-state index in [9.17, 15) is 63.6 Å². The number of benzene rings is 3. The third-order valence-electron chi connectivity index (χ3n) is 15.3. The first kappa shape index (κ1) is 58.6. The molecule has 3 fully saturated rings. The quantitative estimate of drug-likeness (QED) is 0.0307. The van der Waals surface area contributed by atoms with Gasteiger partial charge in [0.2, 0.25) is 23.6 Å². The number of phenolic OH excluding ortho intramolecular Hbond substituents is 2. The number of aliphatic hydroxyl groups excluding tert-OH is 1. The van der Waals surface area contributed by atoms with E-state index in [0.717, 1.165) is 13.3 Å². The Kier molecular flexibility index (Phi) is 18.2. The van der Waals surface area contributed by atoms with E-state index in [1.807, 2.05) is 0 Å². The Morgan fingerprint density at radius 3 is 2.24 bits per heavy atom. The van der Waals surface area contributed by atoms with Crippen molar-refractivity contribution in [3.63, 3.8) is 0 Å². The van der Waals surface area contributed by atoms with E-state index < -0.39 is 125 Å². The van der Waals surface area contributed by atoms with Gasteiger partial charge < -0.3 is 76.6 Å². The molecule has 24 heteroatoms. The second-order valence-electron chi connectivity index (χ2n) is 21.4. The molecule has 5 aliphatic rings. The van der Waals surface area contributed by atoms with Crippen LogP contribution >= 0.6 is 0 Å². The predicted octanol–water partition coefficient (Wildman–Crippen LogP) is 2.91. The number of phenols is 2. The minimum absolute atomic E-state index is 0.00138. The molecule has 3 aromatic rings. The van der Waals surface area contributed by atoms with Crippen molar-refractivity contribution >= 4 is 58.8 Å². The molecule has 430 valence electrons. The first-order valence-electron chi connectivity index (χ1n) is 27.0. The second kappa shape index (κ2) is 24.9. The number of epoxide rings is 1. The van der Waals surface area contributed by atoms with Crippen molar-refractivity contribution in [2.45, 2.75) is 166 Å². The molecule has 0 radical (unpaired) electrons. The molecule has 3 heterocycles. The highest BCUT2D eigenvalue weighted by atomic mass is 16.7. The van der Waals surface area contributed by atoms with Gasteiger partial charge >= 0.3 is 12.1 Å². The fourth-order valence-electron chi connectivity index (χ4n) is 10.8. The molecule has 7 amide bonds. The number of primary amides is 1. The van der Waals surface area contributed by atoms with Crippen LogP contribution in [0.5, 0.6) is 11.5 Å². The maximum absolute atomic E-state index is 13.8. The number of nitrogens with one attached hydrogen (secondary N) is 5. The highest BCUT2D eigenvalue weighted by molar-refractivity contribution is 6.30. The van der Waals surface area contributed by atoms with Crippen molar-refractivity contribution in [1.29, 1.82) is 0 Å². The summed E-state index contributed by atoms with van der Waals surface area (Å²) < 4.78 is 23.3. The minimum atomic E-state index is -2.15. The van der Waals surface area contributed by atoms with Gasteiger partial charge in [-0.2, -0.15) is 0 Å². The lowest BCUT2D eigenvalue weighted by Crippen LogP contribution is -2.55. The zero-order valence-corrected chi connectivity index (χ0v) is 44.9. The number of Topliss-reactive ketones (excluding diaryl/α,β-unsaturated/α-hetero) is 1. The lowest BCUT2D eigenvalue weighted by atomic mass is 9.72. The molecule has 2 aliphatic carbocycles. The number of fused-ring (bicyclic) bond motifs is 4. The Morgan fingerprint density at radius 1 is 0.887 bits per heavy atom. The van der Waals surface area contributed by atoms with E-state index in [2.05, 4.69) is 26.6 Å². The fourth-order valence-corrected chi connectivity index (χ4v) is 10.8. The number of alkyl carbamates (subject to hydrolysis) is 1. The van der Waals surface area contributed by atoms with E-state index >= 15 is 0 Å². The molecule has 24 nitrogen and oxygen atoms in total. The summed E-state index contributed by atoms with van der Waals surface area (Å²) in [4.78, 5) is 119. The van der Waals surface area contributed by atoms with Gasteiger partial charge in [0.25, 0.3) is 0 Å². The molecule has 0 saturated carbocycles. The number of nitrogens with zero attached hydrogens (tertiary/aromatic N) is 1. The number of likely N-dealkylation sites (tertiary alicyclic amines) is 1. The Balaban J connectivity index is 0.848. The summed E-state index contributed by atoms with van der Waals surface area (Å²) in [7, 11) is 0. The maximum atomic E-state index is 13.8. The number of hydrogen-bond donors (Lipinski definition) is 10. The number of hydrogen-bond acceptors (Lipinski definition) is 17. The lowest BCUT2D eigenvalue weighted by molar-refractivity contribution is -0.249. The lowest BCUT2D eigenvalue weighted by Gasteiger charge is -2.42. The van der Waals surface area contributed by atoms with Crippen LogP contribution in [-0.2, 0) is 55.9 Å². The van der Waals surface area contributed by atoms with Gasteiger partial charge in [0.15, 0.2) is 29.9 Å². The van der Waals surface area contributed by atoms with E-state index in [-0.39, 0.29) is 91.2 Å². The third-order valence-corrected chi connectivity index (χ3v) is 15.3. The number of ketones is 3. The number of unbranched alkanes of at least 4 members (excludes halogenated alkanes) is 2. The first-order valence-corrected chi connectivity index (χ1v) is 27.0. The van der Waals surface area contributed by atoms with Crippen molar-refractivity contribution in [2.75, 3.05) is 18.4 Å². The van der Waals surface area contributed by atoms with Crippen LogP contribution in [0.3, 0.4) is 0 Å². The van der Waals surface area contributed by atoms with Gasteiger partial charge in [-0.05, 0) is 69.6 Å². The second-order valence-corrected chi connectivity index (χ2v) is 21.4. The Morgan fingerprint density at radius 2 is 1.57 bits per heavy atom. The SMILES string of the molecule is CC(=O)[C@]1(O)Cc2c(O)c3c(c(O)c2[C@@H](O[C@H]2C[C@H](NC(=O)OCc4ccc(NC(=O)[C@H](CCCNC(N)=O)NC(=O)[C@@H](NC(=O)CCCCCN5C(=O)CCC6OC65)C(C)C)cc4)[C@H](O)[C@H](C)O2)C1)C(=O)c1ccccc1C3=O. The number of nitrogens with two attached hydrogens (primary N) is 1. The van der Waals surface area contributed by atoms with Crippen LogP contribution in [0.15, 0.2) is 48.5 Å². The number of aliphatic hydroxyl groups is 2. The molecule has 0 spiro atoms. The number of aromatic hydroxyl groups is 2. The van der Waals surface area contributed by atoms with Crippen molar-refractivity contribution in [1.82, 2.24) is 26.2 Å². The number of ether oxygens (including phenoxy) is 4. The van der Waals surface area contributed by atoms with Gasteiger partial charge in [-0.15, -0.1) is 0 Å². The topological polar surface area (TPSA) is 364 Å². The molecule has 0 bridgehead atoms. The molecule has 11 N–H and O–H groups in total. The largest absolute Gasteiger partial charge is 0.507 e. The van der Waals surface area contributed by atoms with Gasteiger partial charge in [0.05, 0.1) is 29.4 Å². The first-order chi connectivity index (χ1) is 38.0. The Bertz CT molecular complexity index is 2920. The Hall–Kier alpha value is -7.51. The number of anilines is 1. The average molecular weight is 1110 g/mol. The summed E-state index contributed by atoms with van der Waals surface area (Å²) in [6.07, 6.45) is -3.46. The maximum Gasteiger partial charge on any atom is 0.407 e. The summed E-state index contributed by atoms with van der Waals surface area (Å²) in [5.74, 6) is -5.35. The van der Waals surface area contributed by atoms with Gasteiger partial charge in [-0.1, -0.05) is 56.7 Å². The van der Waals surface area contributed by atoms with Crippen molar-refractivity contribution in [3.05, 3.63) is 87.5 Å². The molecule has 0 aromatic heterocycles. The number of carbonyl (C=O) groups excluding carboxylic acids is 9. The van der Waals surface area contributed by atoms with Crippen molar-refractivity contribution in [3.8, 4) is 11.5 Å². The standard InChI is InChI=1S/C56H69N7O17/c1-27(2)45(62-39(65)14-6-5-9-22-63-40(66)20-19-37-53(63)80-37)52(73)60-35(13-10-21-58-54(57)74)51(72)59-31-17-15-30(16-18-31)26-77-55(75)61-36-23-41(78-28(3)46(36)67)79-38-25-56(76,29(4)64)24-34-42(38)50(71)44-43(49(34)70)47(68)32-11-7-8-12-33(32)48(44)69/h7-8,11-12,15-18,27-28,35-38,41,45-46,53,67,70-71,76H,5-6,9-10,13-14,19-26H2,1-4H3,(H,59,72)(H,60,73)(H,61,75)(H,62,65)(H3,57,58,74)/t28-,35-,36-,37?,38-,41-,45-,46+,53?,56-/m0/s1. The monoisotopic (exact) mass is 1110 g/mol. The molecule has 80 heavy (non-hydrogen) atoms. The number of carbonyl (C=O) groups is 9. The smallest absolute Gasteiger partial charge is 0.407 e. The number of piperidine rings is 1. The Labute approximate surface area is 460 Å². The molecule has 3 aromatic carbocycles. The van der Waals surface area contributed by atoms with Gasteiger partial charge in [-0.25, -0.2) is 9.59 Å². The zero-order valence-electron chi connectivity index (χ0n) is 44.9.